The van der Waals surface area contributed by atoms with Crippen molar-refractivity contribution in [3.05, 3.63) is 0 Å². The number of hydrogen-bond donors (Lipinski definition) is 1. The lowest BCUT2D eigenvalue weighted by molar-refractivity contribution is 0.0405. The summed E-state index contributed by atoms with van der Waals surface area (Å²) in [5, 5.41) is 3.53. The Morgan fingerprint density at radius 1 is 1.43 bits per heavy atom. The maximum Gasteiger partial charge on any atom is 0.00477 e. The van der Waals surface area contributed by atoms with E-state index in [-0.39, 0.29) is 0 Å². The van der Waals surface area contributed by atoms with Crippen LogP contribution in [0, 0.1) is 11.3 Å². The first-order valence-corrected chi connectivity index (χ1v) is 6.15. The second-order valence-electron chi connectivity index (χ2n) is 5.56. The molecule has 14 heavy (non-hydrogen) atoms. The van der Waals surface area contributed by atoms with E-state index >= 15 is 0 Å². The smallest absolute Gasteiger partial charge is 0.00477 e. The molecule has 2 heteroatoms. The molecule has 0 radical (unpaired) electrons. The van der Waals surface area contributed by atoms with Gasteiger partial charge in [-0.15, -0.1) is 0 Å². The molecule has 2 aliphatic heterocycles. The molecule has 2 aliphatic rings. The molecule has 0 aliphatic carbocycles. The van der Waals surface area contributed by atoms with Crippen LogP contribution in [0.25, 0.3) is 0 Å². The minimum Gasteiger partial charge on any atom is -0.316 e. The van der Waals surface area contributed by atoms with Gasteiger partial charge < -0.3 is 10.2 Å². The van der Waals surface area contributed by atoms with E-state index in [1.54, 1.807) is 0 Å². The fourth-order valence-electron chi connectivity index (χ4n) is 2.86. The van der Waals surface area contributed by atoms with Crippen LogP contribution in [0.5, 0.6) is 0 Å². The zero-order valence-electron chi connectivity index (χ0n) is 9.68. The highest BCUT2D eigenvalue weighted by molar-refractivity contribution is 4.88. The van der Waals surface area contributed by atoms with Crippen LogP contribution < -0.4 is 5.32 Å². The largest absolute Gasteiger partial charge is 0.316 e. The average molecular weight is 196 g/mol. The third-order valence-electron chi connectivity index (χ3n) is 3.90. The average Bonchev–Trinajstić information content (AvgIpc) is 2.12. The van der Waals surface area contributed by atoms with Crippen LogP contribution >= 0.6 is 0 Å². The van der Waals surface area contributed by atoms with E-state index in [2.05, 4.69) is 24.1 Å². The summed E-state index contributed by atoms with van der Waals surface area (Å²) in [6.07, 6.45) is 4.14. The van der Waals surface area contributed by atoms with Gasteiger partial charge in [0.05, 0.1) is 0 Å². The summed E-state index contributed by atoms with van der Waals surface area (Å²) in [5.41, 5.74) is 0.553. The van der Waals surface area contributed by atoms with Crippen LogP contribution in [0.2, 0.25) is 0 Å². The Kier molecular flexibility index (Phi) is 3.13. The molecule has 0 aromatic rings. The van der Waals surface area contributed by atoms with Gasteiger partial charge in [0.25, 0.3) is 0 Å². The molecule has 1 unspecified atom stereocenters. The summed E-state index contributed by atoms with van der Waals surface area (Å²) in [5.74, 6) is 0.996. The van der Waals surface area contributed by atoms with Gasteiger partial charge in [-0.2, -0.15) is 0 Å². The van der Waals surface area contributed by atoms with E-state index in [0.29, 0.717) is 5.41 Å². The number of rotatable bonds is 3. The summed E-state index contributed by atoms with van der Waals surface area (Å²) < 4.78 is 0. The van der Waals surface area contributed by atoms with Crippen LogP contribution in [-0.4, -0.2) is 37.6 Å². The molecule has 2 fully saturated rings. The SMILES string of the molecule is CCC1CN(CC2(C)CCCNC2)C1. The van der Waals surface area contributed by atoms with Crippen LogP contribution in [0.4, 0.5) is 0 Å². The molecule has 2 saturated heterocycles. The van der Waals surface area contributed by atoms with Gasteiger partial charge in [-0.1, -0.05) is 20.3 Å². The molecule has 1 N–H and O–H groups in total. The third kappa shape index (κ3) is 2.29. The number of hydrogen-bond acceptors (Lipinski definition) is 2. The van der Waals surface area contributed by atoms with E-state index < -0.39 is 0 Å². The van der Waals surface area contributed by atoms with Crippen molar-refractivity contribution in [2.75, 3.05) is 32.7 Å². The highest BCUT2D eigenvalue weighted by Gasteiger charge is 2.33. The quantitative estimate of drug-likeness (QED) is 0.739. The Labute approximate surface area is 88.1 Å². The first-order chi connectivity index (χ1) is 6.72. The normalized spacial score (nSPS) is 35.6. The summed E-state index contributed by atoms with van der Waals surface area (Å²) in [7, 11) is 0. The Morgan fingerprint density at radius 3 is 2.79 bits per heavy atom. The van der Waals surface area contributed by atoms with Crippen LogP contribution in [-0.2, 0) is 0 Å². The zero-order chi connectivity index (χ0) is 10.0. The second-order valence-corrected chi connectivity index (χ2v) is 5.56. The van der Waals surface area contributed by atoms with Crippen molar-refractivity contribution in [1.29, 1.82) is 0 Å². The van der Waals surface area contributed by atoms with Crippen molar-refractivity contribution < 1.29 is 0 Å². The molecule has 0 bridgehead atoms. The Morgan fingerprint density at radius 2 is 2.21 bits per heavy atom. The van der Waals surface area contributed by atoms with Gasteiger partial charge in [-0.25, -0.2) is 0 Å². The molecular formula is C12H24N2. The van der Waals surface area contributed by atoms with Gasteiger partial charge in [0.2, 0.25) is 0 Å². The van der Waals surface area contributed by atoms with Gasteiger partial charge in [-0.3, -0.25) is 0 Å². The molecule has 1 atom stereocenters. The van der Waals surface area contributed by atoms with E-state index in [0.717, 1.165) is 5.92 Å². The van der Waals surface area contributed by atoms with Crippen LogP contribution in [0.15, 0.2) is 0 Å². The van der Waals surface area contributed by atoms with Crippen molar-refractivity contribution in [2.24, 2.45) is 11.3 Å². The lowest BCUT2D eigenvalue weighted by Crippen LogP contribution is -2.53. The second kappa shape index (κ2) is 4.19. The topological polar surface area (TPSA) is 15.3 Å². The lowest BCUT2D eigenvalue weighted by atomic mass is 9.81. The van der Waals surface area contributed by atoms with Gasteiger partial charge in [0, 0.05) is 26.2 Å². The molecule has 2 nitrogen and oxygen atoms in total. The van der Waals surface area contributed by atoms with Gasteiger partial charge in [0.15, 0.2) is 0 Å². The van der Waals surface area contributed by atoms with E-state index in [1.807, 2.05) is 0 Å². The summed E-state index contributed by atoms with van der Waals surface area (Å²) in [4.78, 5) is 2.64. The van der Waals surface area contributed by atoms with E-state index in [9.17, 15) is 0 Å². The van der Waals surface area contributed by atoms with Crippen molar-refractivity contribution in [3.63, 3.8) is 0 Å². The number of piperidine rings is 1. The molecule has 0 amide bonds. The summed E-state index contributed by atoms with van der Waals surface area (Å²) in [6, 6.07) is 0. The lowest BCUT2D eigenvalue weighted by Gasteiger charge is -2.45. The minimum absolute atomic E-state index is 0.553. The molecular weight excluding hydrogens is 172 g/mol. The monoisotopic (exact) mass is 196 g/mol. The van der Waals surface area contributed by atoms with Gasteiger partial charge >= 0.3 is 0 Å². The molecule has 0 saturated carbocycles. The minimum atomic E-state index is 0.553. The third-order valence-corrected chi connectivity index (χ3v) is 3.90. The molecule has 0 aromatic carbocycles. The highest BCUT2D eigenvalue weighted by atomic mass is 15.2. The highest BCUT2D eigenvalue weighted by Crippen LogP contribution is 2.30. The molecule has 0 spiro atoms. The molecule has 82 valence electrons. The fourth-order valence-corrected chi connectivity index (χ4v) is 2.86. The first kappa shape index (κ1) is 10.4. The first-order valence-electron chi connectivity index (χ1n) is 6.15. The van der Waals surface area contributed by atoms with E-state index in [1.165, 1.54) is 52.0 Å². The van der Waals surface area contributed by atoms with Crippen molar-refractivity contribution >= 4 is 0 Å². The predicted octanol–water partition coefficient (Wildman–Crippen LogP) is 1.72. The fraction of sp³-hybridized carbons (Fsp3) is 1.00. The predicted molar refractivity (Wildman–Crippen MR) is 60.4 cm³/mol. The number of nitrogens with one attached hydrogen (secondary N) is 1. The van der Waals surface area contributed by atoms with E-state index in [4.69, 9.17) is 0 Å². The number of likely N-dealkylation sites (tertiary alicyclic amines) is 1. The van der Waals surface area contributed by atoms with Crippen LogP contribution in [0.1, 0.15) is 33.1 Å². The zero-order valence-corrected chi connectivity index (χ0v) is 9.68. The van der Waals surface area contributed by atoms with Gasteiger partial charge in [0.1, 0.15) is 0 Å². The van der Waals surface area contributed by atoms with Gasteiger partial charge in [-0.05, 0) is 30.7 Å². The maximum atomic E-state index is 3.53. The Balaban J connectivity index is 1.74. The maximum absolute atomic E-state index is 3.53. The molecule has 0 aromatic heterocycles. The van der Waals surface area contributed by atoms with Crippen molar-refractivity contribution in [3.8, 4) is 0 Å². The Hall–Kier alpha value is -0.0800. The van der Waals surface area contributed by atoms with Crippen LogP contribution in [0.3, 0.4) is 0 Å². The summed E-state index contributed by atoms with van der Waals surface area (Å²) in [6.45, 7) is 11.2. The summed E-state index contributed by atoms with van der Waals surface area (Å²) >= 11 is 0. The molecule has 2 heterocycles. The van der Waals surface area contributed by atoms with Crippen molar-refractivity contribution in [1.82, 2.24) is 10.2 Å². The van der Waals surface area contributed by atoms with Crippen molar-refractivity contribution in [2.45, 2.75) is 33.1 Å². The Bertz CT molecular complexity index is 179. The standard InChI is InChI=1S/C12H24N2/c1-3-11-7-14(8-11)10-12(2)5-4-6-13-9-12/h11,13H,3-10H2,1-2H3. The molecule has 2 rings (SSSR count). The number of nitrogens with zero attached hydrogens (tertiary/aromatic N) is 1.